The maximum absolute atomic E-state index is 12.9. The fourth-order valence-electron chi connectivity index (χ4n) is 3.31. The summed E-state index contributed by atoms with van der Waals surface area (Å²) in [7, 11) is 5.16. The van der Waals surface area contributed by atoms with Gasteiger partial charge in [-0.2, -0.15) is 0 Å². The van der Waals surface area contributed by atoms with Crippen molar-refractivity contribution in [1.29, 1.82) is 0 Å². The zero-order valence-corrected chi connectivity index (χ0v) is 18.2. The number of carbonyl (C=O) groups excluding carboxylic acids is 2. The van der Waals surface area contributed by atoms with E-state index >= 15 is 0 Å². The van der Waals surface area contributed by atoms with Crippen molar-refractivity contribution in [3.05, 3.63) is 63.4 Å². The van der Waals surface area contributed by atoms with Crippen molar-refractivity contribution in [3.8, 4) is 5.75 Å². The van der Waals surface area contributed by atoms with E-state index in [4.69, 9.17) is 27.9 Å². The molecular weight excluding hydrogens is 429 g/mol. The van der Waals surface area contributed by atoms with Crippen molar-refractivity contribution in [1.82, 2.24) is 14.8 Å². The molecule has 1 aromatic carbocycles. The van der Waals surface area contributed by atoms with Crippen LogP contribution in [0.15, 0.2) is 42.1 Å². The lowest BCUT2D eigenvalue weighted by Crippen LogP contribution is -2.35. The first-order chi connectivity index (χ1) is 14.3. The fourth-order valence-corrected chi connectivity index (χ4v) is 3.95. The third-order valence-corrected chi connectivity index (χ3v) is 5.33. The van der Waals surface area contributed by atoms with Gasteiger partial charge in [-0.25, -0.2) is 0 Å². The van der Waals surface area contributed by atoms with E-state index in [0.717, 1.165) is 0 Å². The molecule has 1 aliphatic heterocycles. The number of pyridine rings is 1. The number of amides is 1. The van der Waals surface area contributed by atoms with E-state index < -0.39 is 17.7 Å². The lowest BCUT2D eigenvalue weighted by atomic mass is 9.98. The van der Waals surface area contributed by atoms with E-state index in [2.05, 4.69) is 4.98 Å². The molecule has 0 bridgehead atoms. The van der Waals surface area contributed by atoms with Crippen LogP contribution in [0, 0.1) is 0 Å². The number of likely N-dealkylation sites (tertiary alicyclic amines) is 1. The van der Waals surface area contributed by atoms with E-state index in [0.29, 0.717) is 18.8 Å². The van der Waals surface area contributed by atoms with Crippen LogP contribution in [-0.2, 0) is 9.59 Å². The minimum atomic E-state index is -0.828. The Hall–Kier alpha value is -2.61. The van der Waals surface area contributed by atoms with Crippen LogP contribution in [0.2, 0.25) is 10.0 Å². The van der Waals surface area contributed by atoms with Crippen molar-refractivity contribution in [2.45, 2.75) is 6.04 Å². The van der Waals surface area contributed by atoms with Gasteiger partial charge in [-0.3, -0.25) is 14.6 Å². The number of benzene rings is 1. The number of aliphatic hydroxyl groups is 1. The molecule has 2 heterocycles. The van der Waals surface area contributed by atoms with Crippen molar-refractivity contribution >= 4 is 40.7 Å². The molecule has 1 unspecified atom stereocenters. The molecule has 1 fully saturated rings. The zero-order chi connectivity index (χ0) is 22.0. The number of carbonyl (C=O) groups is 2. The molecule has 0 aliphatic carbocycles. The average Bonchev–Trinajstić information content (AvgIpc) is 2.96. The molecule has 3 rings (SSSR count). The predicted molar refractivity (Wildman–Crippen MR) is 115 cm³/mol. The Bertz CT molecular complexity index is 986. The maximum Gasteiger partial charge on any atom is 0.295 e. The molecule has 2 aromatic rings. The lowest BCUT2D eigenvalue weighted by molar-refractivity contribution is -0.140. The largest absolute Gasteiger partial charge is 0.507 e. The van der Waals surface area contributed by atoms with Gasteiger partial charge < -0.3 is 19.6 Å². The molecule has 1 amide bonds. The first-order valence-corrected chi connectivity index (χ1v) is 9.89. The highest BCUT2D eigenvalue weighted by Crippen LogP contribution is 2.41. The third-order valence-electron chi connectivity index (χ3n) is 4.77. The van der Waals surface area contributed by atoms with Crippen LogP contribution in [0.25, 0.3) is 5.76 Å². The average molecular weight is 450 g/mol. The summed E-state index contributed by atoms with van der Waals surface area (Å²) in [5.41, 5.74) is 0.620. The fraction of sp³-hybridized carbons (Fsp3) is 0.286. The molecule has 0 saturated carbocycles. The van der Waals surface area contributed by atoms with E-state index in [1.807, 2.05) is 19.0 Å². The predicted octanol–water partition coefficient (Wildman–Crippen LogP) is 3.38. The molecule has 1 atom stereocenters. The highest BCUT2D eigenvalue weighted by atomic mass is 35.5. The number of hydrogen-bond donors (Lipinski definition) is 1. The number of rotatable bonds is 6. The molecule has 0 spiro atoms. The maximum atomic E-state index is 12.9. The van der Waals surface area contributed by atoms with E-state index in [1.165, 1.54) is 24.1 Å². The van der Waals surface area contributed by atoms with Gasteiger partial charge in [0.25, 0.3) is 11.7 Å². The molecule has 1 saturated heterocycles. The molecule has 30 heavy (non-hydrogen) atoms. The summed E-state index contributed by atoms with van der Waals surface area (Å²) < 4.78 is 5.13. The number of nitrogens with zero attached hydrogens (tertiary/aromatic N) is 3. The van der Waals surface area contributed by atoms with Crippen LogP contribution >= 0.6 is 23.2 Å². The van der Waals surface area contributed by atoms with Gasteiger partial charge in [0.05, 0.1) is 28.4 Å². The molecule has 7 nitrogen and oxygen atoms in total. The van der Waals surface area contributed by atoms with Gasteiger partial charge in [0.2, 0.25) is 0 Å². The summed E-state index contributed by atoms with van der Waals surface area (Å²) in [6, 6.07) is 7.24. The van der Waals surface area contributed by atoms with Gasteiger partial charge in [-0.05, 0) is 38.4 Å². The highest BCUT2D eigenvalue weighted by Gasteiger charge is 2.46. The summed E-state index contributed by atoms with van der Waals surface area (Å²) in [5.74, 6) is -1.60. The zero-order valence-electron chi connectivity index (χ0n) is 16.7. The third kappa shape index (κ3) is 4.14. The molecule has 1 N–H and O–H groups in total. The van der Waals surface area contributed by atoms with Crippen LogP contribution in [0.5, 0.6) is 5.75 Å². The topological polar surface area (TPSA) is 83.0 Å². The smallest absolute Gasteiger partial charge is 0.295 e. The Balaban J connectivity index is 2.17. The van der Waals surface area contributed by atoms with Crippen LogP contribution < -0.4 is 4.74 Å². The van der Waals surface area contributed by atoms with Crippen LogP contribution in [-0.4, -0.2) is 65.9 Å². The Morgan fingerprint density at radius 1 is 1.23 bits per heavy atom. The summed E-state index contributed by atoms with van der Waals surface area (Å²) in [6.45, 7) is 0.830. The first-order valence-electron chi connectivity index (χ1n) is 9.13. The second kappa shape index (κ2) is 9.04. The number of aliphatic hydroxyl groups excluding tert-OH is 1. The Morgan fingerprint density at radius 3 is 2.43 bits per heavy atom. The molecule has 1 aromatic heterocycles. The quantitative estimate of drug-likeness (QED) is 0.413. The van der Waals surface area contributed by atoms with Gasteiger partial charge >= 0.3 is 0 Å². The molecule has 0 radical (unpaired) electrons. The molecular formula is C21H21Cl2N3O4. The number of halogens is 2. The normalized spacial score (nSPS) is 18.3. The minimum absolute atomic E-state index is 0.0604. The second-order valence-electron chi connectivity index (χ2n) is 7.02. The van der Waals surface area contributed by atoms with Crippen molar-refractivity contribution in [2.75, 3.05) is 34.3 Å². The van der Waals surface area contributed by atoms with Gasteiger partial charge in [0, 0.05) is 24.8 Å². The van der Waals surface area contributed by atoms with Gasteiger partial charge in [0.15, 0.2) is 5.75 Å². The number of Topliss-reactive ketones (excluding diaryl/α,β-unsaturated/α-hetero) is 1. The monoisotopic (exact) mass is 449 g/mol. The van der Waals surface area contributed by atoms with Crippen molar-refractivity contribution in [2.24, 2.45) is 0 Å². The first kappa shape index (κ1) is 22.1. The van der Waals surface area contributed by atoms with Gasteiger partial charge in [-0.15, -0.1) is 0 Å². The molecule has 1 aliphatic rings. The SMILES string of the molecule is COc1c(Cl)cc(/C(O)=C2\C(=O)C(=O)N(CCN(C)C)C2c2ccccn2)cc1Cl. The Labute approximate surface area is 184 Å². The highest BCUT2D eigenvalue weighted by molar-refractivity contribution is 6.46. The van der Waals surface area contributed by atoms with Crippen LogP contribution in [0.3, 0.4) is 0 Å². The minimum Gasteiger partial charge on any atom is -0.507 e. The number of hydrogen-bond acceptors (Lipinski definition) is 6. The number of ether oxygens (including phenoxy) is 1. The van der Waals surface area contributed by atoms with E-state index in [1.54, 1.807) is 24.4 Å². The van der Waals surface area contributed by atoms with E-state index in [9.17, 15) is 14.7 Å². The summed E-state index contributed by atoms with van der Waals surface area (Å²) in [5, 5.41) is 11.4. The Morgan fingerprint density at radius 2 is 1.90 bits per heavy atom. The van der Waals surface area contributed by atoms with Gasteiger partial charge in [0.1, 0.15) is 11.8 Å². The van der Waals surface area contributed by atoms with Crippen molar-refractivity contribution < 1.29 is 19.4 Å². The number of ketones is 1. The Kier molecular flexibility index (Phi) is 6.65. The van der Waals surface area contributed by atoms with Crippen LogP contribution in [0.4, 0.5) is 0 Å². The van der Waals surface area contributed by atoms with Crippen LogP contribution in [0.1, 0.15) is 17.3 Å². The van der Waals surface area contributed by atoms with Crippen molar-refractivity contribution in [3.63, 3.8) is 0 Å². The summed E-state index contributed by atoms with van der Waals surface area (Å²) >= 11 is 12.4. The molecule has 9 heteroatoms. The molecule has 158 valence electrons. The summed E-state index contributed by atoms with van der Waals surface area (Å²) in [4.78, 5) is 33.3. The number of methoxy groups -OCH3 is 1. The summed E-state index contributed by atoms with van der Waals surface area (Å²) in [6.07, 6.45) is 1.57. The number of likely N-dealkylation sites (N-methyl/N-ethyl adjacent to an activating group) is 1. The van der Waals surface area contributed by atoms with Gasteiger partial charge in [-0.1, -0.05) is 29.3 Å². The lowest BCUT2D eigenvalue weighted by Gasteiger charge is -2.25. The number of aromatic nitrogens is 1. The second-order valence-corrected chi connectivity index (χ2v) is 7.84. The standard InChI is InChI=1S/C21H21Cl2N3O4/c1-25(2)8-9-26-17(15-6-4-5-7-24-15)16(19(28)21(26)29)18(27)12-10-13(22)20(30-3)14(23)11-12/h4-7,10-11,17,27H,8-9H2,1-3H3/b18-16+. The van der Waals surface area contributed by atoms with E-state index in [-0.39, 0.29) is 32.7 Å².